The molecule has 1 aliphatic heterocycles. The van der Waals surface area contributed by atoms with Crippen LogP contribution in [0.15, 0.2) is 24.3 Å². The highest BCUT2D eigenvalue weighted by atomic mass is 16.2. The number of hydrogen-bond acceptors (Lipinski definition) is 4. The Labute approximate surface area is 139 Å². The monoisotopic (exact) mass is 326 g/mol. The van der Waals surface area contributed by atoms with E-state index in [-0.39, 0.29) is 12.5 Å². The Balaban J connectivity index is 1.64. The van der Waals surface area contributed by atoms with Crippen molar-refractivity contribution >= 4 is 23.5 Å². The highest BCUT2D eigenvalue weighted by molar-refractivity contribution is 6.10. The first-order chi connectivity index (χ1) is 11.5. The number of nitriles is 1. The highest BCUT2D eigenvalue weighted by Crippen LogP contribution is 2.33. The van der Waals surface area contributed by atoms with Crippen LogP contribution in [-0.2, 0) is 9.59 Å². The second kappa shape index (κ2) is 6.32. The molecule has 124 valence electrons. The Bertz CT molecular complexity index is 714. The Morgan fingerprint density at radius 2 is 1.88 bits per heavy atom. The van der Waals surface area contributed by atoms with Gasteiger partial charge in [0.05, 0.1) is 11.6 Å². The number of hydrogen-bond donors (Lipinski definition) is 2. The third kappa shape index (κ3) is 2.95. The third-order valence-corrected chi connectivity index (χ3v) is 4.55. The number of carbonyl (C=O) groups excluding carboxylic acids is 3. The van der Waals surface area contributed by atoms with Crippen LogP contribution in [0.5, 0.6) is 0 Å². The lowest BCUT2D eigenvalue weighted by atomic mass is 9.82. The van der Waals surface area contributed by atoms with Crippen molar-refractivity contribution in [2.75, 3.05) is 11.9 Å². The molecule has 1 saturated heterocycles. The van der Waals surface area contributed by atoms with Gasteiger partial charge in [0.15, 0.2) is 0 Å². The van der Waals surface area contributed by atoms with Gasteiger partial charge in [-0.25, -0.2) is 4.79 Å². The molecule has 2 fully saturated rings. The van der Waals surface area contributed by atoms with E-state index in [0.29, 0.717) is 24.1 Å². The van der Waals surface area contributed by atoms with E-state index in [4.69, 9.17) is 5.26 Å². The summed E-state index contributed by atoms with van der Waals surface area (Å²) in [7, 11) is 0. The fourth-order valence-corrected chi connectivity index (χ4v) is 3.29. The van der Waals surface area contributed by atoms with Gasteiger partial charge in [-0.3, -0.25) is 14.5 Å². The number of urea groups is 1. The maximum Gasteiger partial charge on any atom is 0.325 e. The van der Waals surface area contributed by atoms with Crippen molar-refractivity contribution in [3.63, 3.8) is 0 Å². The standard InChI is InChI=1S/C17H18N4O3/c18-10-12-4-6-13(7-5-12)19-14(22)11-21-15(23)17(20-16(21)24)8-2-1-3-9-17/h4-7H,1-3,8-9,11H2,(H,19,22)(H,20,24). The van der Waals surface area contributed by atoms with Crippen molar-refractivity contribution in [1.82, 2.24) is 10.2 Å². The van der Waals surface area contributed by atoms with Crippen molar-refractivity contribution in [3.05, 3.63) is 29.8 Å². The van der Waals surface area contributed by atoms with Crippen molar-refractivity contribution in [2.45, 2.75) is 37.6 Å². The summed E-state index contributed by atoms with van der Waals surface area (Å²) < 4.78 is 0. The zero-order valence-electron chi connectivity index (χ0n) is 13.2. The lowest BCUT2D eigenvalue weighted by Crippen LogP contribution is -2.48. The van der Waals surface area contributed by atoms with Gasteiger partial charge in [0, 0.05) is 5.69 Å². The van der Waals surface area contributed by atoms with Crippen molar-refractivity contribution in [3.8, 4) is 6.07 Å². The number of amides is 4. The summed E-state index contributed by atoms with van der Waals surface area (Å²) in [5, 5.41) is 14.2. The molecule has 1 saturated carbocycles. The largest absolute Gasteiger partial charge is 0.325 e. The van der Waals surface area contributed by atoms with Gasteiger partial charge in [0.25, 0.3) is 5.91 Å². The molecule has 1 aromatic carbocycles. The van der Waals surface area contributed by atoms with Crippen molar-refractivity contribution in [1.29, 1.82) is 5.26 Å². The van der Waals surface area contributed by atoms with E-state index in [1.165, 1.54) is 0 Å². The molecule has 4 amide bonds. The van der Waals surface area contributed by atoms with E-state index in [1.807, 2.05) is 6.07 Å². The van der Waals surface area contributed by atoms with Crippen LogP contribution < -0.4 is 10.6 Å². The second-order valence-electron chi connectivity index (χ2n) is 6.20. The van der Waals surface area contributed by atoms with Crippen LogP contribution in [0.3, 0.4) is 0 Å². The average molecular weight is 326 g/mol. The van der Waals surface area contributed by atoms with Crippen LogP contribution in [0.4, 0.5) is 10.5 Å². The minimum Gasteiger partial charge on any atom is -0.325 e. The van der Waals surface area contributed by atoms with E-state index < -0.39 is 17.5 Å². The fourth-order valence-electron chi connectivity index (χ4n) is 3.29. The predicted octanol–water partition coefficient (Wildman–Crippen LogP) is 1.75. The summed E-state index contributed by atoms with van der Waals surface area (Å²) in [5.74, 6) is -0.752. The van der Waals surface area contributed by atoms with Gasteiger partial charge < -0.3 is 10.6 Å². The van der Waals surface area contributed by atoms with E-state index in [1.54, 1.807) is 24.3 Å². The molecular weight excluding hydrogens is 308 g/mol. The molecule has 0 atom stereocenters. The number of nitrogens with one attached hydrogen (secondary N) is 2. The molecule has 0 radical (unpaired) electrons. The minimum atomic E-state index is -0.815. The first-order valence-electron chi connectivity index (χ1n) is 7.98. The Hall–Kier alpha value is -2.88. The topological polar surface area (TPSA) is 102 Å². The predicted molar refractivity (Wildman–Crippen MR) is 85.8 cm³/mol. The van der Waals surface area contributed by atoms with Gasteiger partial charge in [-0.1, -0.05) is 19.3 Å². The van der Waals surface area contributed by atoms with Gasteiger partial charge in [0.1, 0.15) is 12.1 Å². The van der Waals surface area contributed by atoms with Crippen LogP contribution >= 0.6 is 0 Å². The SMILES string of the molecule is N#Cc1ccc(NC(=O)CN2C(=O)NC3(CCCCC3)C2=O)cc1. The van der Waals surface area contributed by atoms with E-state index in [0.717, 1.165) is 24.2 Å². The van der Waals surface area contributed by atoms with Gasteiger partial charge in [-0.15, -0.1) is 0 Å². The van der Waals surface area contributed by atoms with Crippen LogP contribution in [0.2, 0.25) is 0 Å². The van der Waals surface area contributed by atoms with Crippen LogP contribution in [-0.4, -0.2) is 34.8 Å². The first kappa shape index (κ1) is 16.0. The van der Waals surface area contributed by atoms with E-state index in [9.17, 15) is 14.4 Å². The maximum absolute atomic E-state index is 12.6. The quantitative estimate of drug-likeness (QED) is 0.826. The Morgan fingerprint density at radius 3 is 2.50 bits per heavy atom. The summed E-state index contributed by atoms with van der Waals surface area (Å²) in [6, 6.07) is 7.86. The normalized spacial score (nSPS) is 19.0. The maximum atomic E-state index is 12.6. The van der Waals surface area contributed by atoms with Gasteiger partial charge in [-0.2, -0.15) is 5.26 Å². The van der Waals surface area contributed by atoms with Crippen LogP contribution in [0.1, 0.15) is 37.7 Å². The lowest BCUT2D eigenvalue weighted by molar-refractivity contribution is -0.134. The summed E-state index contributed by atoms with van der Waals surface area (Å²) in [5.41, 5.74) is 0.184. The van der Waals surface area contributed by atoms with Crippen LogP contribution in [0, 0.1) is 11.3 Å². The molecule has 0 bridgehead atoms. The molecule has 1 aliphatic carbocycles. The zero-order chi connectivity index (χ0) is 17.2. The molecule has 3 rings (SSSR count). The molecular formula is C17H18N4O3. The molecule has 2 aliphatic rings. The van der Waals surface area contributed by atoms with E-state index >= 15 is 0 Å². The molecule has 24 heavy (non-hydrogen) atoms. The van der Waals surface area contributed by atoms with Crippen molar-refractivity contribution < 1.29 is 14.4 Å². The Kier molecular flexibility index (Phi) is 4.21. The van der Waals surface area contributed by atoms with Gasteiger partial charge in [-0.05, 0) is 37.1 Å². The van der Waals surface area contributed by atoms with Gasteiger partial charge in [0.2, 0.25) is 5.91 Å². The molecule has 7 heteroatoms. The number of rotatable bonds is 3. The number of benzene rings is 1. The first-order valence-corrected chi connectivity index (χ1v) is 7.98. The van der Waals surface area contributed by atoms with E-state index in [2.05, 4.69) is 10.6 Å². The molecule has 0 unspecified atom stereocenters. The fraction of sp³-hybridized carbons (Fsp3) is 0.412. The number of imide groups is 1. The number of nitrogens with zero attached hydrogens (tertiary/aromatic N) is 2. The second-order valence-corrected chi connectivity index (χ2v) is 6.20. The summed E-state index contributed by atoms with van der Waals surface area (Å²) >= 11 is 0. The average Bonchev–Trinajstić information content (AvgIpc) is 2.80. The zero-order valence-corrected chi connectivity index (χ0v) is 13.2. The van der Waals surface area contributed by atoms with Crippen molar-refractivity contribution in [2.24, 2.45) is 0 Å². The van der Waals surface area contributed by atoms with Gasteiger partial charge >= 0.3 is 6.03 Å². The summed E-state index contributed by atoms with van der Waals surface area (Å²) in [6.45, 7) is -0.313. The number of carbonyl (C=O) groups is 3. The third-order valence-electron chi connectivity index (χ3n) is 4.55. The molecule has 7 nitrogen and oxygen atoms in total. The molecule has 1 aromatic rings. The molecule has 0 aromatic heterocycles. The summed E-state index contributed by atoms with van der Waals surface area (Å²) in [4.78, 5) is 37.8. The molecule has 1 spiro atoms. The molecule has 2 N–H and O–H groups in total. The summed E-state index contributed by atoms with van der Waals surface area (Å²) in [6.07, 6.45) is 4.12. The highest BCUT2D eigenvalue weighted by Gasteiger charge is 2.51. The lowest BCUT2D eigenvalue weighted by Gasteiger charge is -2.30. The smallest absolute Gasteiger partial charge is 0.325 e. The Morgan fingerprint density at radius 1 is 1.21 bits per heavy atom. The number of anilines is 1. The van der Waals surface area contributed by atoms with Crippen LogP contribution in [0.25, 0.3) is 0 Å². The minimum absolute atomic E-state index is 0.304. The molecule has 1 heterocycles.